The monoisotopic (exact) mass is 407 g/mol. The van der Waals surface area contributed by atoms with Crippen molar-refractivity contribution in [1.82, 2.24) is 18.8 Å². The summed E-state index contributed by atoms with van der Waals surface area (Å²) in [7, 11) is 0. The van der Waals surface area contributed by atoms with Crippen LogP contribution in [0.1, 0.15) is 35.0 Å². The number of imidazole rings is 1. The van der Waals surface area contributed by atoms with Gasteiger partial charge in [-0.3, -0.25) is 14.9 Å². The van der Waals surface area contributed by atoms with Gasteiger partial charge in [0, 0.05) is 25.3 Å². The summed E-state index contributed by atoms with van der Waals surface area (Å²) < 4.78 is 6.15. The number of fused-ring (bicyclic) bond motifs is 1. The third-order valence-electron chi connectivity index (χ3n) is 6.11. The highest BCUT2D eigenvalue weighted by atomic mass is 32.1. The molecule has 0 radical (unpaired) electrons. The molecule has 29 heavy (non-hydrogen) atoms. The van der Waals surface area contributed by atoms with E-state index in [1.165, 1.54) is 17.6 Å². The van der Waals surface area contributed by atoms with Crippen LogP contribution in [-0.4, -0.2) is 43.7 Å². The lowest BCUT2D eigenvalue weighted by Crippen LogP contribution is -2.42. The molecule has 7 nitrogen and oxygen atoms in total. The molecular formula is C21H21N5O2S. The van der Waals surface area contributed by atoms with Crippen molar-refractivity contribution in [2.75, 3.05) is 18.4 Å². The molecule has 1 saturated carbocycles. The topological polar surface area (TPSA) is 80.1 Å². The van der Waals surface area contributed by atoms with Gasteiger partial charge in [-0.2, -0.15) is 0 Å². The summed E-state index contributed by atoms with van der Waals surface area (Å²) in [6.07, 6.45) is 5.97. The van der Waals surface area contributed by atoms with Crippen LogP contribution in [0.4, 0.5) is 5.95 Å². The molecule has 2 amide bonds. The SMILES string of the molecule is C=CC(=O)N1CC[C@]2(C1)C[C@H](n1c(NC(=O)c3ccns3)nc3ccccc31)C2. The Morgan fingerprint density at radius 2 is 2.10 bits per heavy atom. The maximum Gasteiger partial charge on any atom is 0.269 e. The number of anilines is 1. The lowest BCUT2D eigenvalue weighted by atomic mass is 9.65. The number of benzene rings is 1. The van der Waals surface area contributed by atoms with E-state index in [0.29, 0.717) is 10.8 Å². The van der Waals surface area contributed by atoms with Gasteiger partial charge in [0.15, 0.2) is 0 Å². The van der Waals surface area contributed by atoms with Crippen molar-refractivity contribution in [2.24, 2.45) is 5.41 Å². The molecule has 2 fully saturated rings. The van der Waals surface area contributed by atoms with Gasteiger partial charge in [-0.15, -0.1) is 0 Å². The number of hydrogen-bond acceptors (Lipinski definition) is 5. The number of amides is 2. The first-order valence-corrected chi connectivity index (χ1v) is 10.5. The normalized spacial score (nSPS) is 23.3. The summed E-state index contributed by atoms with van der Waals surface area (Å²) in [6.45, 7) is 5.17. The van der Waals surface area contributed by atoms with Gasteiger partial charge in [0.05, 0.1) is 11.0 Å². The van der Waals surface area contributed by atoms with Crippen LogP contribution in [0.25, 0.3) is 11.0 Å². The molecule has 1 aliphatic carbocycles. The van der Waals surface area contributed by atoms with E-state index in [-0.39, 0.29) is 23.3 Å². The Morgan fingerprint density at radius 3 is 2.86 bits per heavy atom. The number of aromatic nitrogens is 3. The molecule has 2 aliphatic rings. The van der Waals surface area contributed by atoms with Gasteiger partial charge < -0.3 is 9.47 Å². The first-order valence-electron chi connectivity index (χ1n) is 9.69. The first kappa shape index (κ1) is 18.1. The van der Waals surface area contributed by atoms with Gasteiger partial charge in [0.25, 0.3) is 5.91 Å². The average molecular weight is 407 g/mol. The van der Waals surface area contributed by atoms with E-state index in [9.17, 15) is 9.59 Å². The van der Waals surface area contributed by atoms with Gasteiger partial charge in [-0.05, 0) is 60.5 Å². The molecule has 0 bridgehead atoms. The third-order valence-corrected chi connectivity index (χ3v) is 6.86. The molecule has 0 unspecified atom stereocenters. The third kappa shape index (κ3) is 3.04. The summed E-state index contributed by atoms with van der Waals surface area (Å²) in [4.78, 5) is 31.7. The number of carbonyl (C=O) groups excluding carboxylic acids is 2. The van der Waals surface area contributed by atoms with E-state index < -0.39 is 0 Å². The Bertz CT molecular complexity index is 1100. The van der Waals surface area contributed by atoms with Crippen LogP contribution < -0.4 is 5.32 Å². The van der Waals surface area contributed by atoms with E-state index in [2.05, 4.69) is 25.8 Å². The minimum absolute atomic E-state index is 0.0101. The molecule has 1 aliphatic heterocycles. The predicted molar refractivity (Wildman–Crippen MR) is 112 cm³/mol. The number of para-hydroxylation sites is 2. The van der Waals surface area contributed by atoms with Crippen molar-refractivity contribution in [2.45, 2.75) is 25.3 Å². The fourth-order valence-corrected chi connectivity index (χ4v) is 5.20. The number of carbonyl (C=O) groups is 2. The maximum atomic E-state index is 12.6. The van der Waals surface area contributed by atoms with Crippen molar-refractivity contribution in [3.63, 3.8) is 0 Å². The highest BCUT2D eigenvalue weighted by Crippen LogP contribution is 2.55. The van der Waals surface area contributed by atoms with Gasteiger partial charge in [0.1, 0.15) is 4.88 Å². The molecule has 1 aromatic carbocycles. The van der Waals surface area contributed by atoms with E-state index in [0.717, 1.165) is 43.4 Å². The smallest absolute Gasteiger partial charge is 0.269 e. The minimum atomic E-state index is -0.193. The van der Waals surface area contributed by atoms with Crippen LogP contribution in [0.3, 0.4) is 0 Å². The fourth-order valence-electron chi connectivity index (χ4n) is 4.71. The lowest BCUT2D eigenvalue weighted by Gasteiger charge is -2.46. The van der Waals surface area contributed by atoms with Crippen LogP contribution in [0.5, 0.6) is 0 Å². The highest BCUT2D eigenvalue weighted by Gasteiger charge is 2.50. The number of rotatable bonds is 4. The molecule has 148 valence electrons. The molecule has 1 saturated heterocycles. The van der Waals surface area contributed by atoms with Gasteiger partial charge >= 0.3 is 0 Å². The summed E-state index contributed by atoms with van der Waals surface area (Å²) in [6, 6.07) is 9.89. The van der Waals surface area contributed by atoms with Crippen molar-refractivity contribution >= 4 is 40.3 Å². The molecule has 3 aromatic rings. The number of likely N-dealkylation sites (tertiary alicyclic amines) is 1. The van der Waals surface area contributed by atoms with Gasteiger partial charge in [-0.1, -0.05) is 18.7 Å². The summed E-state index contributed by atoms with van der Waals surface area (Å²) >= 11 is 1.17. The molecule has 8 heteroatoms. The Kier molecular flexibility index (Phi) is 4.24. The zero-order valence-corrected chi connectivity index (χ0v) is 16.7. The standard InChI is InChI=1S/C21H21N5O2S/c1-2-18(27)25-10-8-21(13-25)11-14(12-21)26-16-6-4-3-5-15(16)23-20(26)24-19(28)17-7-9-22-29-17/h2-7,9,14H,1,8,10-13H2,(H,23,24,28)/t14-,21-. The Labute approximate surface area is 172 Å². The van der Waals surface area contributed by atoms with E-state index in [1.54, 1.807) is 12.3 Å². The van der Waals surface area contributed by atoms with Crippen LogP contribution in [0.15, 0.2) is 49.2 Å². The largest absolute Gasteiger partial charge is 0.339 e. The van der Waals surface area contributed by atoms with Crippen LogP contribution in [0.2, 0.25) is 0 Å². The van der Waals surface area contributed by atoms with Crippen molar-refractivity contribution in [1.29, 1.82) is 0 Å². The summed E-state index contributed by atoms with van der Waals surface area (Å²) in [5.74, 6) is 0.388. The average Bonchev–Trinajstić information content (AvgIpc) is 3.43. The number of nitrogens with zero attached hydrogens (tertiary/aromatic N) is 4. The quantitative estimate of drug-likeness (QED) is 0.672. The summed E-state index contributed by atoms with van der Waals surface area (Å²) in [5, 5.41) is 2.97. The predicted octanol–water partition coefficient (Wildman–Crippen LogP) is 3.48. The van der Waals surface area contributed by atoms with Crippen molar-refractivity contribution in [3.8, 4) is 0 Å². The van der Waals surface area contributed by atoms with Crippen LogP contribution in [0, 0.1) is 5.41 Å². The number of hydrogen-bond donors (Lipinski definition) is 1. The molecule has 2 aromatic heterocycles. The van der Waals surface area contributed by atoms with Gasteiger partial charge in [0.2, 0.25) is 11.9 Å². The zero-order valence-electron chi connectivity index (χ0n) is 15.9. The molecule has 1 spiro atoms. The second-order valence-corrected chi connectivity index (χ2v) is 8.73. The maximum absolute atomic E-state index is 12.6. The molecule has 5 rings (SSSR count). The van der Waals surface area contributed by atoms with E-state index >= 15 is 0 Å². The Hall–Kier alpha value is -3.00. The molecule has 0 atom stereocenters. The first-order chi connectivity index (χ1) is 14.1. The molecule has 3 heterocycles. The Balaban J connectivity index is 1.41. The fraction of sp³-hybridized carbons (Fsp3) is 0.333. The zero-order chi connectivity index (χ0) is 20.0. The van der Waals surface area contributed by atoms with E-state index in [1.807, 2.05) is 29.2 Å². The second kappa shape index (κ2) is 6.81. The lowest BCUT2D eigenvalue weighted by molar-refractivity contribution is -0.125. The molecule has 1 N–H and O–H groups in total. The van der Waals surface area contributed by atoms with Crippen LogP contribution in [-0.2, 0) is 4.79 Å². The van der Waals surface area contributed by atoms with Crippen molar-refractivity contribution < 1.29 is 9.59 Å². The highest BCUT2D eigenvalue weighted by molar-refractivity contribution is 7.08. The van der Waals surface area contributed by atoms with Crippen LogP contribution >= 0.6 is 11.5 Å². The number of nitrogens with one attached hydrogen (secondary N) is 1. The van der Waals surface area contributed by atoms with E-state index in [4.69, 9.17) is 0 Å². The van der Waals surface area contributed by atoms with Gasteiger partial charge in [-0.25, -0.2) is 9.36 Å². The second-order valence-electron chi connectivity index (χ2n) is 7.90. The minimum Gasteiger partial charge on any atom is -0.339 e. The Morgan fingerprint density at radius 1 is 1.28 bits per heavy atom. The van der Waals surface area contributed by atoms with Crippen molar-refractivity contribution in [3.05, 3.63) is 54.1 Å². The summed E-state index contributed by atoms with van der Waals surface area (Å²) in [5.41, 5.74) is 2.04. The molecular weight excluding hydrogens is 386 g/mol.